The summed E-state index contributed by atoms with van der Waals surface area (Å²) >= 11 is 1.36. The van der Waals surface area contributed by atoms with Crippen LogP contribution in [0.2, 0.25) is 0 Å². The molecule has 0 spiro atoms. The van der Waals surface area contributed by atoms with Crippen molar-refractivity contribution in [2.45, 2.75) is 37.4 Å². The van der Waals surface area contributed by atoms with Gasteiger partial charge >= 0.3 is 0 Å². The minimum Gasteiger partial charge on any atom is -0.447 e. The molecule has 0 aliphatic carbocycles. The van der Waals surface area contributed by atoms with Crippen LogP contribution in [0, 0.1) is 0 Å². The molecule has 1 aromatic heterocycles. The highest BCUT2D eigenvalue weighted by Gasteiger charge is 2.39. The van der Waals surface area contributed by atoms with Gasteiger partial charge in [0.25, 0.3) is 5.91 Å². The summed E-state index contributed by atoms with van der Waals surface area (Å²) in [4.78, 5) is 13.1. The molecule has 6 heteroatoms. The second kappa shape index (κ2) is 5.86. The van der Waals surface area contributed by atoms with E-state index in [1.165, 1.54) is 17.8 Å². The average Bonchev–Trinajstić information content (AvgIpc) is 3.26. The summed E-state index contributed by atoms with van der Waals surface area (Å²) in [6, 6.07) is 12.1. The van der Waals surface area contributed by atoms with Crippen LogP contribution < -0.4 is 21.1 Å². The van der Waals surface area contributed by atoms with E-state index in [9.17, 15) is 4.79 Å². The van der Waals surface area contributed by atoms with Gasteiger partial charge in [0.1, 0.15) is 5.75 Å². The van der Waals surface area contributed by atoms with E-state index in [4.69, 9.17) is 10.5 Å². The van der Waals surface area contributed by atoms with Gasteiger partial charge in [-0.25, -0.2) is 0 Å². The number of nitrogens with one attached hydrogen (secondary N) is 2. The average molecular weight is 329 g/mol. The first-order chi connectivity index (χ1) is 11.2. The Morgan fingerprint density at radius 2 is 2.04 bits per heavy atom. The molecule has 23 heavy (non-hydrogen) atoms. The fraction of sp³-hybridized carbons (Fsp3) is 0.353. The number of benzene rings is 1. The second-order valence-corrected chi connectivity index (χ2v) is 7.20. The highest BCUT2D eigenvalue weighted by molar-refractivity contribution is 7.15. The van der Waals surface area contributed by atoms with E-state index in [0.717, 1.165) is 12.8 Å². The van der Waals surface area contributed by atoms with Crippen LogP contribution in [-0.4, -0.2) is 24.0 Å². The van der Waals surface area contributed by atoms with Gasteiger partial charge < -0.3 is 21.1 Å². The SMILES string of the molecule is Nc1ccc(Oc2ccc(C(=O)NC3CC4CCC3N4)s2)cc1. The maximum absolute atomic E-state index is 12.4. The number of anilines is 1. The second-order valence-electron chi connectivity index (χ2n) is 6.15. The van der Waals surface area contributed by atoms with Crippen LogP contribution >= 0.6 is 11.3 Å². The van der Waals surface area contributed by atoms with Crippen LogP contribution in [0.1, 0.15) is 28.9 Å². The molecule has 2 aliphatic rings. The number of carbonyl (C=O) groups is 1. The Morgan fingerprint density at radius 1 is 1.22 bits per heavy atom. The molecule has 0 radical (unpaired) electrons. The quantitative estimate of drug-likeness (QED) is 0.754. The summed E-state index contributed by atoms with van der Waals surface area (Å²) in [5, 5.41) is 7.38. The topological polar surface area (TPSA) is 76.4 Å². The number of hydrogen-bond acceptors (Lipinski definition) is 5. The standard InChI is InChI=1S/C17H19N3O2S/c18-10-1-4-12(5-2-10)22-16-8-7-15(23-16)17(21)20-14-9-11-3-6-13(14)19-11/h1-2,4-5,7-8,11,13-14,19H,3,6,9,18H2,(H,20,21). The third-order valence-electron chi connectivity index (χ3n) is 4.52. The first-order valence-corrected chi connectivity index (χ1v) is 8.69. The number of nitrogens with two attached hydrogens (primary N) is 1. The van der Waals surface area contributed by atoms with Gasteiger partial charge in [0.15, 0.2) is 5.06 Å². The van der Waals surface area contributed by atoms with Crippen LogP contribution in [-0.2, 0) is 0 Å². The van der Waals surface area contributed by atoms with Gasteiger partial charge in [-0.2, -0.15) is 0 Å². The van der Waals surface area contributed by atoms with E-state index in [2.05, 4.69) is 10.6 Å². The summed E-state index contributed by atoms with van der Waals surface area (Å²) in [6.45, 7) is 0. The molecule has 4 N–H and O–H groups in total. The molecule has 120 valence electrons. The zero-order valence-corrected chi connectivity index (χ0v) is 13.4. The summed E-state index contributed by atoms with van der Waals surface area (Å²) < 4.78 is 5.75. The Balaban J connectivity index is 1.39. The molecule has 2 aromatic rings. The van der Waals surface area contributed by atoms with Crippen LogP contribution in [0.15, 0.2) is 36.4 Å². The number of fused-ring (bicyclic) bond motifs is 2. The highest BCUT2D eigenvalue weighted by atomic mass is 32.1. The van der Waals surface area contributed by atoms with Gasteiger partial charge in [-0.1, -0.05) is 11.3 Å². The number of carbonyl (C=O) groups excluding carboxylic acids is 1. The summed E-state index contributed by atoms with van der Waals surface area (Å²) in [5.74, 6) is 0.701. The fourth-order valence-corrected chi connectivity index (χ4v) is 4.15. The summed E-state index contributed by atoms with van der Waals surface area (Å²) in [6.07, 6.45) is 3.43. The molecule has 3 unspecified atom stereocenters. The Kier molecular flexibility index (Phi) is 3.71. The van der Waals surface area contributed by atoms with Crippen molar-refractivity contribution in [3.05, 3.63) is 41.3 Å². The van der Waals surface area contributed by atoms with Crippen molar-refractivity contribution in [2.75, 3.05) is 5.73 Å². The van der Waals surface area contributed by atoms with E-state index < -0.39 is 0 Å². The zero-order chi connectivity index (χ0) is 15.8. The predicted molar refractivity (Wildman–Crippen MR) is 91.1 cm³/mol. The molecular formula is C17H19N3O2S. The number of nitrogen functional groups attached to an aromatic ring is 1. The van der Waals surface area contributed by atoms with Gasteiger partial charge in [-0.3, -0.25) is 4.79 Å². The van der Waals surface area contributed by atoms with E-state index in [1.807, 2.05) is 24.3 Å². The Hall–Kier alpha value is -2.05. The van der Waals surface area contributed by atoms with E-state index >= 15 is 0 Å². The van der Waals surface area contributed by atoms with Crippen molar-refractivity contribution in [3.8, 4) is 10.8 Å². The smallest absolute Gasteiger partial charge is 0.261 e. The zero-order valence-electron chi connectivity index (χ0n) is 12.6. The summed E-state index contributed by atoms with van der Waals surface area (Å²) in [5.41, 5.74) is 6.35. The highest BCUT2D eigenvalue weighted by Crippen LogP contribution is 2.31. The van der Waals surface area contributed by atoms with Gasteiger partial charge in [0.2, 0.25) is 0 Å². The van der Waals surface area contributed by atoms with E-state index in [-0.39, 0.29) is 11.9 Å². The molecule has 0 saturated carbocycles. The van der Waals surface area contributed by atoms with Gasteiger partial charge in [-0.05, 0) is 55.7 Å². The predicted octanol–water partition coefficient (Wildman–Crippen LogP) is 2.75. The van der Waals surface area contributed by atoms with Crippen LogP contribution in [0.3, 0.4) is 0 Å². The van der Waals surface area contributed by atoms with E-state index in [0.29, 0.717) is 33.5 Å². The Bertz CT molecular complexity index is 713. The van der Waals surface area contributed by atoms with Crippen molar-refractivity contribution in [3.63, 3.8) is 0 Å². The van der Waals surface area contributed by atoms with Crippen LogP contribution in [0.5, 0.6) is 10.8 Å². The number of rotatable bonds is 4. The molecule has 3 heterocycles. The van der Waals surface area contributed by atoms with Crippen molar-refractivity contribution in [1.82, 2.24) is 10.6 Å². The van der Waals surface area contributed by atoms with Gasteiger partial charge in [0, 0.05) is 23.8 Å². The third kappa shape index (κ3) is 3.04. The monoisotopic (exact) mass is 329 g/mol. The maximum atomic E-state index is 12.4. The fourth-order valence-electron chi connectivity index (χ4n) is 3.37. The normalized spacial score (nSPS) is 25.5. The number of ether oxygens (including phenoxy) is 1. The van der Waals surface area contributed by atoms with E-state index in [1.54, 1.807) is 12.1 Å². The minimum absolute atomic E-state index is 0.0125. The summed E-state index contributed by atoms with van der Waals surface area (Å²) in [7, 11) is 0. The molecule has 5 nitrogen and oxygen atoms in total. The molecular weight excluding hydrogens is 310 g/mol. The molecule has 1 amide bonds. The lowest BCUT2D eigenvalue weighted by molar-refractivity contribution is 0.0935. The number of amides is 1. The number of hydrogen-bond donors (Lipinski definition) is 3. The van der Waals surface area contributed by atoms with Gasteiger partial charge in [0.05, 0.1) is 4.88 Å². The third-order valence-corrected chi connectivity index (χ3v) is 5.48. The molecule has 2 fully saturated rings. The molecule has 2 aliphatic heterocycles. The minimum atomic E-state index is -0.0125. The van der Waals surface area contributed by atoms with Crippen molar-refractivity contribution >= 4 is 22.9 Å². The lowest BCUT2D eigenvalue weighted by Crippen LogP contribution is -2.42. The lowest BCUT2D eigenvalue weighted by Gasteiger charge is -2.20. The van der Waals surface area contributed by atoms with Gasteiger partial charge in [-0.15, -0.1) is 0 Å². The molecule has 4 rings (SSSR count). The first kappa shape index (κ1) is 14.5. The molecule has 2 saturated heterocycles. The van der Waals surface area contributed by atoms with Crippen LogP contribution in [0.4, 0.5) is 5.69 Å². The van der Waals surface area contributed by atoms with Crippen molar-refractivity contribution in [1.29, 1.82) is 0 Å². The van der Waals surface area contributed by atoms with Crippen LogP contribution in [0.25, 0.3) is 0 Å². The van der Waals surface area contributed by atoms with Crippen molar-refractivity contribution in [2.24, 2.45) is 0 Å². The lowest BCUT2D eigenvalue weighted by atomic mass is 9.95. The Labute approximate surface area is 138 Å². The Morgan fingerprint density at radius 3 is 2.74 bits per heavy atom. The number of thiophene rings is 1. The molecule has 2 bridgehead atoms. The molecule has 3 atom stereocenters. The molecule has 1 aromatic carbocycles. The first-order valence-electron chi connectivity index (χ1n) is 7.87. The largest absolute Gasteiger partial charge is 0.447 e. The maximum Gasteiger partial charge on any atom is 0.261 e. The van der Waals surface area contributed by atoms with Crippen molar-refractivity contribution < 1.29 is 9.53 Å².